The summed E-state index contributed by atoms with van der Waals surface area (Å²) in [5, 5.41) is 3.18. The number of halogens is 1. The Hall–Kier alpha value is -0.0100. The van der Waals surface area contributed by atoms with Crippen molar-refractivity contribution in [1.29, 1.82) is 0 Å². The first-order chi connectivity index (χ1) is 3.41. The number of hydrogen-bond acceptors (Lipinski definition) is 1. The Morgan fingerprint density at radius 3 is 2.62 bits per heavy atom. The lowest BCUT2D eigenvalue weighted by atomic mass is 10.4. The molecular formula is C6H14ClN. The minimum atomic E-state index is 0. The molecule has 0 heterocycles. The third kappa shape index (κ3) is 9.37. The molecule has 8 heavy (non-hydrogen) atoms. The Morgan fingerprint density at radius 2 is 2.25 bits per heavy atom. The predicted molar refractivity (Wildman–Crippen MR) is 40.6 cm³/mol. The molecule has 2 heteroatoms. The molecule has 0 radical (unpaired) electrons. The minimum absolute atomic E-state index is 0. The summed E-state index contributed by atoms with van der Waals surface area (Å²) in [5.41, 5.74) is 0. The van der Waals surface area contributed by atoms with E-state index in [1.807, 2.05) is 6.08 Å². The van der Waals surface area contributed by atoms with E-state index >= 15 is 0 Å². The molecule has 0 aromatic heterocycles. The number of nitrogens with one attached hydrogen (secondary N) is 1. The zero-order valence-electron chi connectivity index (χ0n) is 5.31. The van der Waals surface area contributed by atoms with Gasteiger partial charge in [0.05, 0.1) is 0 Å². The van der Waals surface area contributed by atoms with Crippen molar-refractivity contribution < 1.29 is 0 Å². The van der Waals surface area contributed by atoms with E-state index < -0.39 is 0 Å². The Balaban J connectivity index is 0. The third-order valence-electron chi connectivity index (χ3n) is 0.775. The summed E-state index contributed by atoms with van der Waals surface area (Å²) in [6.07, 6.45) is 3.00. The Bertz CT molecular complexity index is 45.8. The highest BCUT2D eigenvalue weighted by molar-refractivity contribution is 5.85. The molecule has 0 fully saturated rings. The molecular weight excluding hydrogens is 122 g/mol. The zero-order valence-corrected chi connectivity index (χ0v) is 6.13. The van der Waals surface area contributed by atoms with Crippen molar-refractivity contribution in [1.82, 2.24) is 5.32 Å². The number of rotatable bonds is 4. The van der Waals surface area contributed by atoms with E-state index in [0.717, 1.165) is 19.5 Å². The summed E-state index contributed by atoms with van der Waals surface area (Å²) in [7, 11) is 0. The van der Waals surface area contributed by atoms with Crippen LogP contribution in [-0.4, -0.2) is 13.1 Å². The third-order valence-corrected chi connectivity index (χ3v) is 0.775. The molecule has 0 amide bonds. The lowest BCUT2D eigenvalue weighted by Crippen LogP contribution is -2.12. The monoisotopic (exact) mass is 135 g/mol. The van der Waals surface area contributed by atoms with E-state index in [2.05, 4.69) is 18.8 Å². The predicted octanol–water partition coefficient (Wildman–Crippen LogP) is 1.59. The van der Waals surface area contributed by atoms with E-state index in [9.17, 15) is 0 Å². The van der Waals surface area contributed by atoms with Crippen molar-refractivity contribution in [2.24, 2.45) is 0 Å². The van der Waals surface area contributed by atoms with E-state index in [1.54, 1.807) is 0 Å². The molecule has 0 rings (SSSR count). The summed E-state index contributed by atoms with van der Waals surface area (Å²) in [6, 6.07) is 0. The molecule has 0 aliphatic carbocycles. The fourth-order valence-corrected chi connectivity index (χ4v) is 0.381. The van der Waals surface area contributed by atoms with Gasteiger partial charge in [-0.05, 0) is 19.5 Å². The maximum Gasteiger partial charge on any atom is -0.00145 e. The second-order valence-electron chi connectivity index (χ2n) is 1.43. The maximum atomic E-state index is 3.59. The van der Waals surface area contributed by atoms with Crippen molar-refractivity contribution in [2.75, 3.05) is 13.1 Å². The van der Waals surface area contributed by atoms with Crippen LogP contribution >= 0.6 is 12.4 Å². The molecule has 1 nitrogen and oxygen atoms in total. The van der Waals surface area contributed by atoms with Gasteiger partial charge in [-0.15, -0.1) is 19.0 Å². The quantitative estimate of drug-likeness (QED) is 0.456. The first-order valence-electron chi connectivity index (χ1n) is 2.73. The van der Waals surface area contributed by atoms with Crippen LogP contribution in [0.4, 0.5) is 0 Å². The first kappa shape index (κ1) is 10.9. The van der Waals surface area contributed by atoms with Gasteiger partial charge in [0.1, 0.15) is 0 Å². The first-order valence-corrected chi connectivity index (χ1v) is 2.73. The molecule has 0 aliphatic rings. The van der Waals surface area contributed by atoms with Crippen molar-refractivity contribution in [3.8, 4) is 0 Å². The largest absolute Gasteiger partial charge is 0.317 e. The molecule has 0 unspecified atom stereocenters. The maximum absolute atomic E-state index is 3.59. The highest BCUT2D eigenvalue weighted by Gasteiger charge is 1.74. The van der Waals surface area contributed by atoms with E-state index in [1.165, 1.54) is 0 Å². The zero-order chi connectivity index (χ0) is 5.54. The minimum Gasteiger partial charge on any atom is -0.317 e. The van der Waals surface area contributed by atoms with Gasteiger partial charge in [-0.2, -0.15) is 0 Å². The average molecular weight is 136 g/mol. The normalized spacial score (nSPS) is 7.62. The molecule has 0 saturated carbocycles. The topological polar surface area (TPSA) is 12.0 Å². The molecule has 0 aromatic carbocycles. The fourth-order valence-electron chi connectivity index (χ4n) is 0.381. The molecule has 1 N–H and O–H groups in total. The van der Waals surface area contributed by atoms with Gasteiger partial charge in [0, 0.05) is 0 Å². The van der Waals surface area contributed by atoms with Gasteiger partial charge >= 0.3 is 0 Å². The lowest BCUT2D eigenvalue weighted by Gasteiger charge is -1.92. The van der Waals surface area contributed by atoms with Gasteiger partial charge in [0.15, 0.2) is 0 Å². The fraction of sp³-hybridized carbons (Fsp3) is 0.667. The van der Waals surface area contributed by atoms with Gasteiger partial charge in [-0.25, -0.2) is 0 Å². The second-order valence-corrected chi connectivity index (χ2v) is 1.43. The van der Waals surface area contributed by atoms with Crippen molar-refractivity contribution >= 4 is 12.4 Å². The standard InChI is InChI=1S/C6H13N.ClH/c1-3-5-6-7-4-2;/h3,7H,1,4-6H2,2H3;1H. The molecule has 0 spiro atoms. The van der Waals surface area contributed by atoms with Crippen LogP contribution in [0, 0.1) is 0 Å². The Labute approximate surface area is 57.6 Å². The SMILES string of the molecule is C=CCCNCC.Cl. The van der Waals surface area contributed by atoms with Crippen LogP contribution in [0.1, 0.15) is 13.3 Å². The van der Waals surface area contributed by atoms with E-state index in [0.29, 0.717) is 0 Å². The van der Waals surface area contributed by atoms with Gasteiger partial charge in [-0.1, -0.05) is 13.0 Å². The van der Waals surface area contributed by atoms with Crippen LogP contribution in [0.2, 0.25) is 0 Å². The van der Waals surface area contributed by atoms with Crippen molar-refractivity contribution in [2.45, 2.75) is 13.3 Å². The van der Waals surface area contributed by atoms with Crippen LogP contribution in [0.3, 0.4) is 0 Å². The van der Waals surface area contributed by atoms with Gasteiger partial charge < -0.3 is 5.32 Å². The van der Waals surface area contributed by atoms with Crippen molar-refractivity contribution in [3.05, 3.63) is 12.7 Å². The van der Waals surface area contributed by atoms with Crippen molar-refractivity contribution in [3.63, 3.8) is 0 Å². The highest BCUT2D eigenvalue weighted by atomic mass is 35.5. The molecule has 0 atom stereocenters. The molecule has 0 bridgehead atoms. The summed E-state index contributed by atoms with van der Waals surface area (Å²) < 4.78 is 0. The highest BCUT2D eigenvalue weighted by Crippen LogP contribution is 1.72. The molecule has 0 aromatic rings. The van der Waals surface area contributed by atoms with E-state index in [-0.39, 0.29) is 12.4 Å². The molecule has 0 saturated heterocycles. The lowest BCUT2D eigenvalue weighted by molar-refractivity contribution is 0.727. The van der Waals surface area contributed by atoms with Crippen LogP contribution < -0.4 is 5.32 Å². The van der Waals surface area contributed by atoms with Gasteiger partial charge in [-0.3, -0.25) is 0 Å². The Kier molecular flexibility index (Phi) is 13.7. The summed E-state index contributed by atoms with van der Waals surface area (Å²) >= 11 is 0. The summed E-state index contributed by atoms with van der Waals surface area (Å²) in [4.78, 5) is 0. The van der Waals surface area contributed by atoms with Crippen LogP contribution in [0.15, 0.2) is 12.7 Å². The van der Waals surface area contributed by atoms with Crippen LogP contribution in [0.5, 0.6) is 0 Å². The second kappa shape index (κ2) is 10.1. The summed E-state index contributed by atoms with van der Waals surface area (Å²) in [6.45, 7) is 7.83. The van der Waals surface area contributed by atoms with Crippen LogP contribution in [0.25, 0.3) is 0 Å². The number of hydrogen-bond donors (Lipinski definition) is 1. The van der Waals surface area contributed by atoms with Gasteiger partial charge in [0.25, 0.3) is 0 Å². The smallest absolute Gasteiger partial charge is 0.00145 e. The van der Waals surface area contributed by atoms with E-state index in [4.69, 9.17) is 0 Å². The average Bonchev–Trinajstić information content (AvgIpc) is 1.69. The Morgan fingerprint density at radius 1 is 1.62 bits per heavy atom. The van der Waals surface area contributed by atoms with Crippen LogP contribution in [-0.2, 0) is 0 Å². The summed E-state index contributed by atoms with van der Waals surface area (Å²) in [5.74, 6) is 0. The van der Waals surface area contributed by atoms with Gasteiger partial charge in [0.2, 0.25) is 0 Å². The molecule has 0 aliphatic heterocycles. The molecule has 50 valence electrons.